The smallest absolute Gasteiger partial charge is 0.390 e. The molecule has 1 fully saturated rings. The van der Waals surface area contributed by atoms with Crippen LogP contribution < -0.4 is 10.6 Å². The summed E-state index contributed by atoms with van der Waals surface area (Å²) in [4.78, 5) is 21.8. The molecule has 0 spiro atoms. The number of urea groups is 1. The van der Waals surface area contributed by atoms with E-state index in [2.05, 4.69) is 5.32 Å². The molecule has 0 aromatic rings. The second-order valence-corrected chi connectivity index (χ2v) is 4.06. The normalized spacial score (nSPS) is 17.4. The van der Waals surface area contributed by atoms with Gasteiger partial charge in [-0.2, -0.15) is 13.2 Å². The summed E-state index contributed by atoms with van der Waals surface area (Å²) < 4.78 is 35.2. The molecular weight excluding hydrogens is 241 g/mol. The number of alkyl halides is 3. The Bertz CT molecular complexity index is 313. The highest BCUT2D eigenvalue weighted by atomic mass is 19.4. The highest BCUT2D eigenvalue weighted by molar-refractivity contribution is 5.80. The molecule has 1 saturated carbocycles. The van der Waals surface area contributed by atoms with Crippen LogP contribution in [-0.2, 0) is 4.79 Å². The third-order valence-corrected chi connectivity index (χ3v) is 2.59. The number of carbonyl (C=O) groups excluding carboxylic acids is 1. The third kappa shape index (κ3) is 4.49. The molecule has 0 aliphatic heterocycles. The summed E-state index contributed by atoms with van der Waals surface area (Å²) in [6.45, 7) is -0.574. The van der Waals surface area contributed by atoms with E-state index in [1.54, 1.807) is 0 Å². The van der Waals surface area contributed by atoms with Gasteiger partial charge in [-0.05, 0) is 12.8 Å². The molecule has 0 radical (unpaired) electrons. The van der Waals surface area contributed by atoms with Crippen LogP contribution in [0.4, 0.5) is 18.0 Å². The van der Waals surface area contributed by atoms with Gasteiger partial charge in [0.05, 0.1) is 11.8 Å². The van der Waals surface area contributed by atoms with Crippen molar-refractivity contribution in [1.29, 1.82) is 0 Å². The lowest BCUT2D eigenvalue weighted by atomic mass is 10.1. The monoisotopic (exact) mass is 254 g/mol. The van der Waals surface area contributed by atoms with E-state index in [1.165, 1.54) is 0 Å². The Morgan fingerprint density at radius 2 is 1.82 bits per heavy atom. The fourth-order valence-electron chi connectivity index (χ4n) is 1.25. The average molecular weight is 254 g/mol. The van der Waals surface area contributed by atoms with Crippen LogP contribution in [0.5, 0.6) is 0 Å². The van der Waals surface area contributed by atoms with Crippen molar-refractivity contribution in [2.24, 2.45) is 5.41 Å². The van der Waals surface area contributed by atoms with Gasteiger partial charge >= 0.3 is 18.2 Å². The van der Waals surface area contributed by atoms with Gasteiger partial charge in [-0.1, -0.05) is 0 Å². The average Bonchev–Trinajstić information content (AvgIpc) is 2.93. The van der Waals surface area contributed by atoms with Crippen molar-refractivity contribution in [3.63, 3.8) is 0 Å². The van der Waals surface area contributed by atoms with Crippen LogP contribution in [0.15, 0.2) is 0 Å². The molecule has 0 saturated heterocycles. The zero-order valence-corrected chi connectivity index (χ0v) is 8.93. The van der Waals surface area contributed by atoms with Gasteiger partial charge in [0.2, 0.25) is 0 Å². The number of halogens is 3. The van der Waals surface area contributed by atoms with Crippen LogP contribution in [0.25, 0.3) is 0 Å². The fraction of sp³-hybridized carbons (Fsp3) is 0.778. The highest BCUT2D eigenvalue weighted by Gasteiger charge is 2.50. The summed E-state index contributed by atoms with van der Waals surface area (Å²) in [5.74, 6) is -0.993. The molecule has 17 heavy (non-hydrogen) atoms. The number of rotatable bonds is 5. The molecule has 0 atom stereocenters. The first-order valence-corrected chi connectivity index (χ1v) is 5.07. The van der Waals surface area contributed by atoms with Crippen LogP contribution in [-0.4, -0.2) is 36.4 Å². The number of hydrogen-bond donors (Lipinski definition) is 3. The van der Waals surface area contributed by atoms with E-state index >= 15 is 0 Å². The minimum Gasteiger partial charge on any atom is -0.481 e. The van der Waals surface area contributed by atoms with E-state index in [4.69, 9.17) is 5.11 Å². The molecule has 0 aromatic heterocycles. The van der Waals surface area contributed by atoms with E-state index in [0.29, 0.717) is 12.8 Å². The van der Waals surface area contributed by atoms with Gasteiger partial charge in [0.15, 0.2) is 0 Å². The molecule has 8 heteroatoms. The number of aliphatic carboxylic acids is 1. The summed E-state index contributed by atoms with van der Waals surface area (Å²) >= 11 is 0. The quantitative estimate of drug-likeness (QED) is 0.687. The largest absolute Gasteiger partial charge is 0.481 e. The van der Waals surface area contributed by atoms with E-state index in [1.807, 2.05) is 5.32 Å². The van der Waals surface area contributed by atoms with Gasteiger partial charge < -0.3 is 15.7 Å². The van der Waals surface area contributed by atoms with Gasteiger partial charge in [0.1, 0.15) is 0 Å². The van der Waals surface area contributed by atoms with Crippen molar-refractivity contribution in [3.05, 3.63) is 0 Å². The van der Waals surface area contributed by atoms with Crippen LogP contribution in [0.3, 0.4) is 0 Å². The lowest BCUT2D eigenvalue weighted by Gasteiger charge is -2.12. The van der Waals surface area contributed by atoms with E-state index in [-0.39, 0.29) is 6.54 Å². The van der Waals surface area contributed by atoms with Gasteiger partial charge in [-0.25, -0.2) is 4.79 Å². The summed E-state index contributed by atoms with van der Waals surface area (Å²) in [6.07, 6.45) is -4.47. The summed E-state index contributed by atoms with van der Waals surface area (Å²) in [6, 6.07) is -0.776. The molecule has 5 nitrogen and oxygen atoms in total. The lowest BCUT2D eigenvalue weighted by Crippen LogP contribution is -2.41. The molecule has 1 aliphatic rings. The number of amides is 2. The second-order valence-electron chi connectivity index (χ2n) is 4.06. The second kappa shape index (κ2) is 4.80. The number of carbonyl (C=O) groups is 2. The summed E-state index contributed by atoms with van der Waals surface area (Å²) in [5.41, 5.74) is -0.915. The van der Waals surface area contributed by atoms with Crippen LogP contribution >= 0.6 is 0 Å². The molecule has 98 valence electrons. The topological polar surface area (TPSA) is 78.4 Å². The lowest BCUT2D eigenvalue weighted by molar-refractivity contribution is -0.143. The maximum absolute atomic E-state index is 11.7. The molecule has 0 heterocycles. The molecular formula is C9H13F3N2O3. The minimum absolute atomic E-state index is 0.0554. The first-order chi connectivity index (χ1) is 7.75. The van der Waals surface area contributed by atoms with Gasteiger partial charge in [-0.3, -0.25) is 4.79 Å². The fourth-order valence-corrected chi connectivity index (χ4v) is 1.25. The molecule has 1 aliphatic carbocycles. The number of carboxylic acids is 1. The van der Waals surface area contributed by atoms with Crippen LogP contribution in [0.1, 0.15) is 19.3 Å². The van der Waals surface area contributed by atoms with Crippen molar-refractivity contribution in [1.82, 2.24) is 10.6 Å². The maximum atomic E-state index is 11.7. The number of hydrogen-bond acceptors (Lipinski definition) is 2. The molecule has 0 unspecified atom stereocenters. The van der Waals surface area contributed by atoms with Crippen LogP contribution in [0, 0.1) is 5.41 Å². The predicted octanol–water partition coefficient (Wildman–Crippen LogP) is 1.10. The SMILES string of the molecule is O=C(NCCC(F)(F)F)NCC1(C(=O)O)CC1. The van der Waals surface area contributed by atoms with Crippen molar-refractivity contribution >= 4 is 12.0 Å². The Labute approximate surface area is 95.4 Å². The van der Waals surface area contributed by atoms with Gasteiger partial charge in [0, 0.05) is 13.1 Å². The zero-order chi connectivity index (χ0) is 13.1. The Hall–Kier alpha value is -1.47. The van der Waals surface area contributed by atoms with Crippen molar-refractivity contribution in [2.75, 3.05) is 13.1 Å². The summed E-state index contributed by atoms with van der Waals surface area (Å²) in [7, 11) is 0. The molecule has 1 rings (SSSR count). The van der Waals surface area contributed by atoms with Crippen LogP contribution in [0.2, 0.25) is 0 Å². The van der Waals surface area contributed by atoms with Gasteiger partial charge in [0.25, 0.3) is 0 Å². The maximum Gasteiger partial charge on any atom is 0.390 e. The first-order valence-electron chi connectivity index (χ1n) is 5.07. The predicted molar refractivity (Wildman–Crippen MR) is 51.4 cm³/mol. The molecule has 0 aromatic carbocycles. The number of carboxylic acid groups (broad SMARTS) is 1. The molecule has 2 amide bonds. The van der Waals surface area contributed by atoms with Gasteiger partial charge in [-0.15, -0.1) is 0 Å². The molecule has 3 N–H and O–H groups in total. The Balaban J connectivity index is 2.16. The standard InChI is InChI=1S/C9H13F3N2O3/c10-9(11,12)3-4-13-7(17)14-5-8(1-2-8)6(15)16/h1-5H2,(H,15,16)(H2,13,14,17). The minimum atomic E-state index is -4.31. The van der Waals surface area contributed by atoms with Crippen molar-refractivity contribution in [3.8, 4) is 0 Å². The molecule has 0 bridgehead atoms. The zero-order valence-electron chi connectivity index (χ0n) is 8.93. The van der Waals surface area contributed by atoms with Crippen molar-refractivity contribution in [2.45, 2.75) is 25.4 Å². The van der Waals surface area contributed by atoms with Crippen molar-refractivity contribution < 1.29 is 27.9 Å². The Morgan fingerprint density at radius 3 is 2.24 bits per heavy atom. The van der Waals surface area contributed by atoms with E-state index in [9.17, 15) is 22.8 Å². The Kier molecular flexibility index (Phi) is 3.84. The number of nitrogens with one attached hydrogen (secondary N) is 2. The van der Waals surface area contributed by atoms with E-state index < -0.39 is 36.6 Å². The third-order valence-electron chi connectivity index (χ3n) is 2.59. The highest BCUT2D eigenvalue weighted by Crippen LogP contribution is 2.45. The Morgan fingerprint density at radius 1 is 1.24 bits per heavy atom. The van der Waals surface area contributed by atoms with E-state index in [0.717, 1.165) is 0 Å². The summed E-state index contributed by atoms with van der Waals surface area (Å²) in [5, 5.41) is 13.0. The first kappa shape index (κ1) is 13.6.